The van der Waals surface area contributed by atoms with Gasteiger partial charge in [-0.2, -0.15) is 0 Å². The van der Waals surface area contributed by atoms with Gasteiger partial charge < -0.3 is 4.98 Å². The molecule has 1 N–H and O–H groups in total. The van der Waals surface area contributed by atoms with Crippen LogP contribution < -0.4 is 0 Å². The molecule has 1 aromatic heterocycles. The molecular formula is C40H31N. The van der Waals surface area contributed by atoms with Crippen LogP contribution in [0.25, 0.3) is 55.2 Å². The molecule has 7 aromatic rings. The summed E-state index contributed by atoms with van der Waals surface area (Å²) in [7, 11) is 0. The van der Waals surface area contributed by atoms with Crippen LogP contribution in [0.15, 0.2) is 140 Å². The normalized spacial score (nSPS) is 16.3. The van der Waals surface area contributed by atoms with Gasteiger partial charge in [-0.3, -0.25) is 0 Å². The van der Waals surface area contributed by atoms with Gasteiger partial charge in [-0.15, -0.1) is 0 Å². The van der Waals surface area contributed by atoms with Gasteiger partial charge in [0.25, 0.3) is 0 Å². The second kappa shape index (κ2) is 9.64. The van der Waals surface area contributed by atoms with Crippen LogP contribution in [0.1, 0.15) is 35.4 Å². The number of benzene rings is 6. The van der Waals surface area contributed by atoms with Gasteiger partial charge in [-0.25, -0.2) is 0 Å². The largest absolute Gasteiger partial charge is 0.355 e. The highest BCUT2D eigenvalue weighted by atomic mass is 14.7. The van der Waals surface area contributed by atoms with E-state index < -0.39 is 0 Å². The standard InChI is InChI=1S/C40H31N/c1-26-33-21-19-30(31-20-22-40-38(24-31)35-13-7-8-14-39(35)41-40)23-37(33)34-12-6-5-11-32(34)25-36(26)29-17-15-28(16-18-29)27-9-3-2-4-10-27/h2-24,26,36,41H,25H2,1H3. The Hall–Kier alpha value is -4.88. The zero-order chi connectivity index (χ0) is 27.3. The fourth-order valence-electron chi connectivity index (χ4n) is 6.95. The summed E-state index contributed by atoms with van der Waals surface area (Å²) in [6, 6.07) is 51.5. The maximum Gasteiger partial charge on any atom is 0.0465 e. The van der Waals surface area contributed by atoms with Gasteiger partial charge in [0.05, 0.1) is 0 Å². The first-order valence-corrected chi connectivity index (χ1v) is 14.6. The summed E-state index contributed by atoms with van der Waals surface area (Å²) in [6.07, 6.45) is 1.04. The molecule has 2 unspecified atom stereocenters. The zero-order valence-corrected chi connectivity index (χ0v) is 23.1. The van der Waals surface area contributed by atoms with Gasteiger partial charge in [0, 0.05) is 21.8 Å². The van der Waals surface area contributed by atoms with Crippen molar-refractivity contribution in [3.8, 4) is 33.4 Å². The topological polar surface area (TPSA) is 15.8 Å². The van der Waals surface area contributed by atoms with E-state index in [-0.39, 0.29) is 0 Å². The molecule has 0 bridgehead atoms. The van der Waals surface area contributed by atoms with Gasteiger partial charge in [0.2, 0.25) is 0 Å². The maximum absolute atomic E-state index is 3.57. The highest BCUT2D eigenvalue weighted by Crippen LogP contribution is 2.46. The summed E-state index contributed by atoms with van der Waals surface area (Å²) >= 11 is 0. The molecule has 0 saturated heterocycles. The van der Waals surface area contributed by atoms with Crippen molar-refractivity contribution in [2.45, 2.75) is 25.2 Å². The number of hydrogen-bond acceptors (Lipinski definition) is 0. The number of aromatic amines is 1. The third-order valence-corrected chi connectivity index (χ3v) is 9.18. The van der Waals surface area contributed by atoms with E-state index in [1.165, 1.54) is 71.9 Å². The molecule has 0 saturated carbocycles. The molecule has 1 aliphatic carbocycles. The second-order valence-corrected chi connectivity index (χ2v) is 11.5. The molecule has 41 heavy (non-hydrogen) atoms. The van der Waals surface area contributed by atoms with Crippen molar-refractivity contribution in [3.63, 3.8) is 0 Å². The number of nitrogens with one attached hydrogen (secondary N) is 1. The van der Waals surface area contributed by atoms with Crippen LogP contribution in [-0.4, -0.2) is 4.98 Å². The minimum atomic E-state index is 0.394. The average molecular weight is 526 g/mol. The van der Waals surface area contributed by atoms with Crippen LogP contribution >= 0.6 is 0 Å². The van der Waals surface area contributed by atoms with E-state index in [9.17, 15) is 0 Å². The lowest BCUT2D eigenvalue weighted by molar-refractivity contribution is 0.579. The van der Waals surface area contributed by atoms with Crippen LogP contribution in [0.2, 0.25) is 0 Å². The van der Waals surface area contributed by atoms with Crippen molar-refractivity contribution >= 4 is 21.8 Å². The fourth-order valence-corrected chi connectivity index (χ4v) is 6.95. The van der Waals surface area contributed by atoms with Crippen molar-refractivity contribution in [3.05, 3.63) is 156 Å². The van der Waals surface area contributed by atoms with E-state index >= 15 is 0 Å². The number of aromatic nitrogens is 1. The molecule has 1 heterocycles. The molecule has 0 aliphatic heterocycles. The van der Waals surface area contributed by atoms with Crippen LogP contribution in [-0.2, 0) is 6.42 Å². The molecule has 0 radical (unpaired) electrons. The Labute approximate surface area is 241 Å². The predicted octanol–water partition coefficient (Wildman–Crippen LogP) is 10.8. The number of para-hydroxylation sites is 1. The van der Waals surface area contributed by atoms with Gasteiger partial charge in [-0.1, -0.05) is 122 Å². The van der Waals surface area contributed by atoms with Crippen molar-refractivity contribution in [1.29, 1.82) is 0 Å². The van der Waals surface area contributed by atoms with Crippen LogP contribution in [0.3, 0.4) is 0 Å². The Morgan fingerprint density at radius 2 is 1.17 bits per heavy atom. The summed E-state index contributed by atoms with van der Waals surface area (Å²) in [5.74, 6) is 0.806. The van der Waals surface area contributed by atoms with Gasteiger partial charge in [0.15, 0.2) is 0 Å². The van der Waals surface area contributed by atoms with E-state index in [0.717, 1.165) is 6.42 Å². The Morgan fingerprint density at radius 1 is 0.512 bits per heavy atom. The number of H-pyrrole nitrogens is 1. The molecule has 0 spiro atoms. The van der Waals surface area contributed by atoms with Crippen LogP contribution in [0.5, 0.6) is 0 Å². The molecule has 8 rings (SSSR count). The first-order chi connectivity index (χ1) is 20.2. The smallest absolute Gasteiger partial charge is 0.0465 e. The van der Waals surface area contributed by atoms with Crippen molar-refractivity contribution in [2.75, 3.05) is 0 Å². The lowest BCUT2D eigenvalue weighted by atomic mass is 9.79. The summed E-state index contributed by atoms with van der Waals surface area (Å²) in [5, 5.41) is 2.56. The molecule has 196 valence electrons. The Kier molecular flexibility index (Phi) is 5.63. The molecule has 0 fully saturated rings. The van der Waals surface area contributed by atoms with Gasteiger partial charge >= 0.3 is 0 Å². The first kappa shape index (κ1) is 24.0. The Morgan fingerprint density at radius 3 is 2.05 bits per heavy atom. The third kappa shape index (κ3) is 4.08. The first-order valence-electron chi connectivity index (χ1n) is 14.6. The monoisotopic (exact) mass is 525 g/mol. The summed E-state index contributed by atoms with van der Waals surface area (Å²) in [6.45, 7) is 2.41. The van der Waals surface area contributed by atoms with E-state index in [0.29, 0.717) is 11.8 Å². The molecule has 1 heteroatoms. The predicted molar refractivity (Wildman–Crippen MR) is 173 cm³/mol. The van der Waals surface area contributed by atoms with Crippen molar-refractivity contribution in [2.24, 2.45) is 0 Å². The number of fused-ring (bicyclic) bond motifs is 6. The quantitative estimate of drug-likeness (QED) is 0.236. The highest BCUT2D eigenvalue weighted by molar-refractivity contribution is 6.08. The molecule has 1 aliphatic rings. The Bertz CT molecular complexity index is 2030. The van der Waals surface area contributed by atoms with E-state index in [1.54, 1.807) is 0 Å². The van der Waals surface area contributed by atoms with Crippen molar-refractivity contribution in [1.82, 2.24) is 4.98 Å². The molecule has 2 atom stereocenters. The summed E-state index contributed by atoms with van der Waals surface area (Å²) in [5.41, 5.74) is 14.4. The van der Waals surface area contributed by atoms with E-state index in [1.807, 2.05) is 0 Å². The SMILES string of the molecule is CC1c2ccc(-c3ccc4[nH]c5ccccc5c4c3)cc2-c2ccccc2CC1c1ccc(-c2ccccc2)cc1. The lowest BCUT2D eigenvalue weighted by Crippen LogP contribution is -2.10. The van der Waals surface area contributed by atoms with Gasteiger partial charge in [0.1, 0.15) is 0 Å². The number of rotatable bonds is 3. The highest BCUT2D eigenvalue weighted by Gasteiger charge is 2.29. The van der Waals surface area contributed by atoms with Crippen molar-refractivity contribution < 1.29 is 0 Å². The average Bonchev–Trinajstić information content (AvgIpc) is 3.36. The van der Waals surface area contributed by atoms with E-state index in [2.05, 4.69) is 151 Å². The third-order valence-electron chi connectivity index (χ3n) is 9.18. The maximum atomic E-state index is 3.57. The molecule has 0 amide bonds. The summed E-state index contributed by atoms with van der Waals surface area (Å²) in [4.78, 5) is 3.57. The Balaban J connectivity index is 1.22. The minimum absolute atomic E-state index is 0.394. The summed E-state index contributed by atoms with van der Waals surface area (Å²) < 4.78 is 0. The van der Waals surface area contributed by atoms with E-state index in [4.69, 9.17) is 0 Å². The number of hydrogen-bond donors (Lipinski definition) is 1. The minimum Gasteiger partial charge on any atom is -0.355 e. The molecule has 6 aromatic carbocycles. The molecule has 1 nitrogen and oxygen atoms in total. The lowest BCUT2D eigenvalue weighted by Gasteiger charge is -2.24. The zero-order valence-electron chi connectivity index (χ0n) is 23.1. The van der Waals surface area contributed by atoms with Gasteiger partial charge in [-0.05, 0) is 92.6 Å². The fraction of sp³-hybridized carbons (Fsp3) is 0.100. The van der Waals surface area contributed by atoms with Crippen LogP contribution in [0.4, 0.5) is 0 Å². The molecular weight excluding hydrogens is 494 g/mol. The van der Waals surface area contributed by atoms with Crippen LogP contribution in [0, 0.1) is 0 Å². The second-order valence-electron chi connectivity index (χ2n) is 11.5.